The summed E-state index contributed by atoms with van der Waals surface area (Å²) in [6, 6.07) is 7.36. The molecular formula is C13H11N5O3S. The molecule has 9 heteroatoms. The molecule has 1 aromatic carbocycles. The van der Waals surface area contributed by atoms with Crippen molar-refractivity contribution in [1.82, 2.24) is 20.0 Å². The molecule has 0 aliphatic heterocycles. The first-order chi connectivity index (χ1) is 10.7. The van der Waals surface area contributed by atoms with Gasteiger partial charge in [0, 0.05) is 0 Å². The quantitative estimate of drug-likeness (QED) is 0.728. The van der Waals surface area contributed by atoms with E-state index in [1.54, 1.807) is 0 Å². The molecule has 2 aromatic heterocycles. The summed E-state index contributed by atoms with van der Waals surface area (Å²) in [6.07, 6.45) is 1.36. The zero-order valence-electron chi connectivity index (χ0n) is 11.5. The van der Waals surface area contributed by atoms with Gasteiger partial charge in [0.2, 0.25) is 5.91 Å². The van der Waals surface area contributed by atoms with Crippen LogP contribution in [0.15, 0.2) is 30.5 Å². The number of methoxy groups -OCH3 is 1. The van der Waals surface area contributed by atoms with Crippen LogP contribution in [-0.4, -0.2) is 39.0 Å². The van der Waals surface area contributed by atoms with Crippen molar-refractivity contribution in [3.8, 4) is 0 Å². The number of esters is 1. The monoisotopic (exact) mass is 317 g/mol. The Morgan fingerprint density at radius 2 is 2.18 bits per heavy atom. The molecule has 0 atom stereocenters. The maximum atomic E-state index is 12.0. The lowest BCUT2D eigenvalue weighted by molar-refractivity contribution is -0.116. The average molecular weight is 317 g/mol. The summed E-state index contributed by atoms with van der Waals surface area (Å²) in [5, 5.41) is 10.9. The minimum atomic E-state index is -0.486. The normalized spacial score (nSPS) is 10.6. The van der Waals surface area contributed by atoms with Crippen molar-refractivity contribution in [1.29, 1.82) is 0 Å². The minimum Gasteiger partial charge on any atom is -0.465 e. The molecular weight excluding hydrogens is 306 g/mol. The van der Waals surface area contributed by atoms with E-state index in [-0.39, 0.29) is 12.5 Å². The molecule has 0 saturated heterocycles. The number of amides is 1. The Balaban J connectivity index is 1.70. The Labute approximate surface area is 128 Å². The van der Waals surface area contributed by atoms with Gasteiger partial charge in [-0.2, -0.15) is 0 Å². The van der Waals surface area contributed by atoms with Crippen molar-refractivity contribution in [3.05, 3.63) is 35.3 Å². The zero-order chi connectivity index (χ0) is 15.5. The van der Waals surface area contributed by atoms with E-state index in [1.165, 1.54) is 18.0 Å². The molecule has 0 fully saturated rings. The van der Waals surface area contributed by atoms with Crippen LogP contribution in [-0.2, 0) is 16.1 Å². The fourth-order valence-corrected chi connectivity index (χ4v) is 2.61. The number of ether oxygens (including phenoxy) is 1. The predicted octanol–water partition coefficient (Wildman–Crippen LogP) is 1.31. The highest BCUT2D eigenvalue weighted by Crippen LogP contribution is 2.19. The van der Waals surface area contributed by atoms with Crippen molar-refractivity contribution < 1.29 is 14.3 Å². The van der Waals surface area contributed by atoms with Crippen LogP contribution in [0.4, 0.5) is 5.13 Å². The number of anilines is 1. The molecule has 1 amide bonds. The highest BCUT2D eigenvalue weighted by molar-refractivity contribution is 7.17. The van der Waals surface area contributed by atoms with E-state index >= 15 is 0 Å². The van der Waals surface area contributed by atoms with Crippen LogP contribution in [0.25, 0.3) is 11.0 Å². The van der Waals surface area contributed by atoms with Gasteiger partial charge >= 0.3 is 5.97 Å². The number of nitrogens with one attached hydrogen (secondary N) is 1. The number of carbonyl (C=O) groups is 2. The summed E-state index contributed by atoms with van der Waals surface area (Å²) in [5.74, 6) is -0.790. The fourth-order valence-electron chi connectivity index (χ4n) is 1.86. The largest absolute Gasteiger partial charge is 0.465 e. The van der Waals surface area contributed by atoms with Crippen molar-refractivity contribution in [2.45, 2.75) is 6.54 Å². The standard InChI is InChI=1S/C13H11N5O3S/c1-21-12(20)10-6-14-13(22-10)15-11(19)7-18-9-5-3-2-4-8(9)16-17-18/h2-6H,7H2,1H3,(H,14,15,19). The molecule has 0 spiro atoms. The van der Waals surface area contributed by atoms with Gasteiger partial charge in [-0.15, -0.1) is 5.10 Å². The molecule has 0 unspecified atom stereocenters. The number of nitrogens with zero attached hydrogens (tertiary/aromatic N) is 4. The molecule has 2 heterocycles. The Morgan fingerprint density at radius 3 is 3.00 bits per heavy atom. The molecule has 1 N–H and O–H groups in total. The maximum absolute atomic E-state index is 12.0. The summed E-state index contributed by atoms with van der Waals surface area (Å²) in [7, 11) is 1.29. The third-order valence-corrected chi connectivity index (χ3v) is 3.75. The lowest BCUT2D eigenvalue weighted by atomic mass is 10.3. The number of carbonyl (C=O) groups excluding carboxylic acids is 2. The highest BCUT2D eigenvalue weighted by atomic mass is 32.1. The summed E-state index contributed by atoms with van der Waals surface area (Å²) in [4.78, 5) is 27.6. The van der Waals surface area contributed by atoms with Gasteiger partial charge in [0.05, 0.1) is 18.8 Å². The molecule has 112 valence electrons. The van der Waals surface area contributed by atoms with Crippen molar-refractivity contribution in [3.63, 3.8) is 0 Å². The van der Waals surface area contributed by atoms with E-state index in [0.29, 0.717) is 10.0 Å². The van der Waals surface area contributed by atoms with Crippen LogP contribution >= 0.6 is 11.3 Å². The third kappa shape index (κ3) is 2.79. The Kier molecular flexibility index (Phi) is 3.79. The van der Waals surface area contributed by atoms with Gasteiger partial charge in [0.15, 0.2) is 5.13 Å². The number of fused-ring (bicyclic) bond motifs is 1. The Morgan fingerprint density at radius 1 is 1.36 bits per heavy atom. The van der Waals surface area contributed by atoms with Crippen molar-refractivity contribution in [2.75, 3.05) is 12.4 Å². The van der Waals surface area contributed by atoms with Gasteiger partial charge in [-0.1, -0.05) is 28.7 Å². The second-order valence-corrected chi connectivity index (χ2v) is 5.34. The van der Waals surface area contributed by atoms with Gasteiger partial charge in [-0.05, 0) is 12.1 Å². The number of para-hydroxylation sites is 1. The van der Waals surface area contributed by atoms with Crippen molar-refractivity contribution in [2.24, 2.45) is 0 Å². The lowest BCUT2D eigenvalue weighted by Crippen LogP contribution is -2.19. The second kappa shape index (κ2) is 5.90. The van der Waals surface area contributed by atoms with Crippen molar-refractivity contribution >= 4 is 39.4 Å². The van der Waals surface area contributed by atoms with Gasteiger partial charge in [0.1, 0.15) is 16.9 Å². The van der Waals surface area contributed by atoms with Crippen LogP contribution < -0.4 is 5.32 Å². The molecule has 3 aromatic rings. The van der Waals surface area contributed by atoms with E-state index in [0.717, 1.165) is 22.4 Å². The molecule has 22 heavy (non-hydrogen) atoms. The van der Waals surface area contributed by atoms with Gasteiger partial charge in [-0.3, -0.25) is 4.79 Å². The Bertz CT molecular complexity index is 841. The summed E-state index contributed by atoms with van der Waals surface area (Å²) < 4.78 is 6.08. The number of thiazole rings is 1. The second-order valence-electron chi connectivity index (χ2n) is 4.31. The molecule has 0 bridgehead atoms. The lowest BCUT2D eigenvalue weighted by Gasteiger charge is -2.02. The molecule has 0 aliphatic carbocycles. The van der Waals surface area contributed by atoms with Gasteiger partial charge in [-0.25, -0.2) is 14.5 Å². The van der Waals surface area contributed by atoms with Crippen LogP contribution in [0.3, 0.4) is 0 Å². The number of hydrogen-bond acceptors (Lipinski definition) is 7. The first-order valence-electron chi connectivity index (χ1n) is 6.29. The SMILES string of the molecule is COC(=O)c1cnc(NC(=O)Cn2nnc3ccccc32)s1. The van der Waals surface area contributed by atoms with E-state index in [4.69, 9.17) is 0 Å². The molecule has 0 aliphatic rings. The smallest absolute Gasteiger partial charge is 0.349 e. The van der Waals surface area contributed by atoms with Gasteiger partial charge < -0.3 is 10.1 Å². The van der Waals surface area contributed by atoms with E-state index < -0.39 is 5.97 Å². The highest BCUT2D eigenvalue weighted by Gasteiger charge is 2.13. The summed E-state index contributed by atoms with van der Waals surface area (Å²) >= 11 is 1.05. The molecule has 3 rings (SSSR count). The number of rotatable bonds is 4. The van der Waals surface area contributed by atoms with Crippen LogP contribution in [0.2, 0.25) is 0 Å². The first-order valence-corrected chi connectivity index (χ1v) is 7.11. The summed E-state index contributed by atoms with van der Waals surface area (Å²) in [6.45, 7) is 0.00759. The van der Waals surface area contributed by atoms with Crippen LogP contribution in [0.1, 0.15) is 9.67 Å². The third-order valence-electron chi connectivity index (χ3n) is 2.85. The molecule has 8 nitrogen and oxygen atoms in total. The minimum absolute atomic E-state index is 0.00759. The van der Waals surface area contributed by atoms with E-state index in [2.05, 4.69) is 25.3 Å². The fraction of sp³-hybridized carbons (Fsp3) is 0.154. The zero-order valence-corrected chi connectivity index (χ0v) is 12.3. The predicted molar refractivity (Wildman–Crippen MR) is 79.6 cm³/mol. The number of benzene rings is 1. The first kappa shape index (κ1) is 14.1. The number of hydrogen-bond donors (Lipinski definition) is 1. The molecule has 0 saturated carbocycles. The molecule has 0 radical (unpaired) electrons. The van der Waals surface area contributed by atoms with E-state index in [9.17, 15) is 9.59 Å². The average Bonchev–Trinajstić information content (AvgIpc) is 3.14. The van der Waals surface area contributed by atoms with Crippen LogP contribution in [0, 0.1) is 0 Å². The maximum Gasteiger partial charge on any atom is 0.349 e. The van der Waals surface area contributed by atoms with E-state index in [1.807, 2.05) is 24.3 Å². The Hall–Kier alpha value is -2.81. The van der Waals surface area contributed by atoms with Crippen LogP contribution in [0.5, 0.6) is 0 Å². The summed E-state index contributed by atoms with van der Waals surface area (Å²) in [5.41, 5.74) is 1.49. The topological polar surface area (TPSA) is 99.0 Å². The number of aromatic nitrogens is 4. The van der Waals surface area contributed by atoms with Gasteiger partial charge in [0.25, 0.3) is 0 Å².